The molecule has 2 aromatic rings. The van der Waals surface area contributed by atoms with E-state index in [1.165, 1.54) is 12.8 Å². The highest BCUT2D eigenvalue weighted by atomic mass is 16.5. The van der Waals surface area contributed by atoms with E-state index in [1.54, 1.807) is 37.6 Å². The highest BCUT2D eigenvalue weighted by Gasteiger charge is 2.21. The number of benzene rings is 1. The van der Waals surface area contributed by atoms with Crippen LogP contribution in [0.25, 0.3) is 0 Å². The minimum Gasteiger partial charge on any atom is -0.497 e. The van der Waals surface area contributed by atoms with Gasteiger partial charge in [-0.1, -0.05) is 6.07 Å². The van der Waals surface area contributed by atoms with E-state index in [2.05, 4.69) is 15.6 Å². The fraction of sp³-hybridized carbons (Fsp3) is 0.250. The highest BCUT2D eigenvalue weighted by molar-refractivity contribution is 6.04. The monoisotopic (exact) mass is 283 g/mol. The first-order valence-corrected chi connectivity index (χ1v) is 6.92. The summed E-state index contributed by atoms with van der Waals surface area (Å²) in [4.78, 5) is 16.4. The number of hydrogen-bond donors (Lipinski definition) is 2. The Morgan fingerprint density at radius 2 is 2.14 bits per heavy atom. The van der Waals surface area contributed by atoms with Gasteiger partial charge in [-0.15, -0.1) is 0 Å². The van der Waals surface area contributed by atoms with Gasteiger partial charge in [0.2, 0.25) is 0 Å². The van der Waals surface area contributed by atoms with Crippen molar-refractivity contribution in [1.29, 1.82) is 0 Å². The SMILES string of the molecule is COc1cccc(C(=O)Nc2ccc(NC3CC3)nc2)c1. The first-order chi connectivity index (χ1) is 10.2. The molecular weight excluding hydrogens is 266 g/mol. The zero-order chi connectivity index (χ0) is 14.7. The maximum atomic E-state index is 12.1. The van der Waals surface area contributed by atoms with Crippen LogP contribution in [0.15, 0.2) is 42.6 Å². The molecule has 0 spiro atoms. The molecule has 5 heteroatoms. The number of methoxy groups -OCH3 is 1. The smallest absolute Gasteiger partial charge is 0.255 e. The normalized spacial score (nSPS) is 13.6. The van der Waals surface area contributed by atoms with Gasteiger partial charge in [-0.25, -0.2) is 4.98 Å². The molecule has 0 atom stereocenters. The molecule has 108 valence electrons. The van der Waals surface area contributed by atoms with Crippen molar-refractivity contribution in [3.63, 3.8) is 0 Å². The number of anilines is 2. The van der Waals surface area contributed by atoms with Crippen molar-refractivity contribution in [1.82, 2.24) is 4.98 Å². The predicted molar refractivity (Wildman–Crippen MR) is 81.8 cm³/mol. The van der Waals surface area contributed by atoms with Gasteiger partial charge in [0, 0.05) is 11.6 Å². The van der Waals surface area contributed by atoms with E-state index in [9.17, 15) is 4.79 Å². The van der Waals surface area contributed by atoms with Crippen molar-refractivity contribution >= 4 is 17.4 Å². The first-order valence-electron chi connectivity index (χ1n) is 6.92. The van der Waals surface area contributed by atoms with E-state index in [-0.39, 0.29) is 5.91 Å². The third kappa shape index (κ3) is 3.51. The van der Waals surface area contributed by atoms with Crippen LogP contribution in [0.2, 0.25) is 0 Å². The second kappa shape index (κ2) is 5.83. The second-order valence-electron chi connectivity index (χ2n) is 5.04. The summed E-state index contributed by atoms with van der Waals surface area (Å²) in [6.45, 7) is 0. The van der Waals surface area contributed by atoms with Crippen LogP contribution < -0.4 is 15.4 Å². The molecule has 5 nitrogen and oxygen atoms in total. The Hall–Kier alpha value is -2.56. The maximum Gasteiger partial charge on any atom is 0.255 e. The van der Waals surface area contributed by atoms with Gasteiger partial charge >= 0.3 is 0 Å². The molecule has 1 aromatic carbocycles. The van der Waals surface area contributed by atoms with Crippen LogP contribution in [0.3, 0.4) is 0 Å². The minimum atomic E-state index is -0.182. The summed E-state index contributed by atoms with van der Waals surface area (Å²) in [7, 11) is 1.58. The van der Waals surface area contributed by atoms with Gasteiger partial charge in [0.25, 0.3) is 5.91 Å². The molecule has 1 amide bonds. The number of pyridine rings is 1. The number of hydrogen-bond acceptors (Lipinski definition) is 4. The van der Waals surface area contributed by atoms with Crippen molar-refractivity contribution in [3.05, 3.63) is 48.2 Å². The van der Waals surface area contributed by atoms with Crippen LogP contribution in [-0.2, 0) is 0 Å². The molecule has 0 bridgehead atoms. The van der Waals surface area contributed by atoms with Crippen molar-refractivity contribution in [2.75, 3.05) is 17.7 Å². The van der Waals surface area contributed by atoms with E-state index in [0.717, 1.165) is 5.82 Å². The average Bonchev–Trinajstić information content (AvgIpc) is 3.33. The van der Waals surface area contributed by atoms with Crippen LogP contribution in [0.1, 0.15) is 23.2 Å². The van der Waals surface area contributed by atoms with Gasteiger partial charge in [-0.2, -0.15) is 0 Å². The molecule has 3 rings (SSSR count). The average molecular weight is 283 g/mol. The molecule has 1 heterocycles. The van der Waals surface area contributed by atoms with Gasteiger partial charge < -0.3 is 15.4 Å². The lowest BCUT2D eigenvalue weighted by molar-refractivity contribution is 0.102. The molecule has 1 aromatic heterocycles. The molecule has 1 saturated carbocycles. The summed E-state index contributed by atoms with van der Waals surface area (Å²) in [6.07, 6.45) is 4.06. The maximum absolute atomic E-state index is 12.1. The summed E-state index contributed by atoms with van der Waals surface area (Å²) in [5.41, 5.74) is 1.22. The Balaban J connectivity index is 1.65. The quantitative estimate of drug-likeness (QED) is 0.885. The number of carbonyl (C=O) groups is 1. The van der Waals surface area contributed by atoms with Crippen LogP contribution in [0.4, 0.5) is 11.5 Å². The highest BCUT2D eigenvalue weighted by Crippen LogP contribution is 2.24. The summed E-state index contributed by atoms with van der Waals surface area (Å²) >= 11 is 0. The Morgan fingerprint density at radius 1 is 1.29 bits per heavy atom. The molecule has 0 saturated heterocycles. The van der Waals surface area contributed by atoms with Gasteiger partial charge in [0.05, 0.1) is 19.0 Å². The first kappa shape index (κ1) is 13.4. The van der Waals surface area contributed by atoms with E-state index in [0.29, 0.717) is 23.0 Å². The van der Waals surface area contributed by atoms with E-state index in [4.69, 9.17) is 4.74 Å². The summed E-state index contributed by atoms with van der Waals surface area (Å²) < 4.78 is 5.11. The molecule has 21 heavy (non-hydrogen) atoms. The zero-order valence-corrected chi connectivity index (χ0v) is 11.8. The molecule has 1 aliphatic carbocycles. The zero-order valence-electron chi connectivity index (χ0n) is 11.8. The summed E-state index contributed by atoms with van der Waals surface area (Å²) in [5.74, 6) is 1.32. The number of nitrogens with one attached hydrogen (secondary N) is 2. The second-order valence-corrected chi connectivity index (χ2v) is 5.04. The molecular formula is C16H17N3O2. The van der Waals surface area contributed by atoms with Crippen molar-refractivity contribution in [2.45, 2.75) is 18.9 Å². The minimum absolute atomic E-state index is 0.182. The number of aromatic nitrogens is 1. The Kier molecular flexibility index (Phi) is 3.73. The van der Waals surface area contributed by atoms with Crippen LogP contribution in [-0.4, -0.2) is 24.0 Å². The number of rotatable bonds is 5. The lowest BCUT2D eigenvalue weighted by Gasteiger charge is -2.08. The molecule has 1 aliphatic rings. The van der Waals surface area contributed by atoms with Crippen molar-refractivity contribution < 1.29 is 9.53 Å². The molecule has 0 radical (unpaired) electrons. The van der Waals surface area contributed by atoms with Crippen LogP contribution in [0.5, 0.6) is 5.75 Å². The standard InChI is InChI=1S/C16H17N3O2/c1-21-14-4-2-3-11(9-14)16(20)19-13-7-8-15(17-10-13)18-12-5-6-12/h2-4,7-10,12H,5-6H2,1H3,(H,17,18)(H,19,20). The number of carbonyl (C=O) groups excluding carboxylic acids is 1. The van der Waals surface area contributed by atoms with Gasteiger partial charge in [-0.3, -0.25) is 4.79 Å². The molecule has 0 unspecified atom stereocenters. The Labute approximate surface area is 123 Å². The Morgan fingerprint density at radius 3 is 2.81 bits per heavy atom. The van der Waals surface area contributed by atoms with Gasteiger partial charge in [0.15, 0.2) is 0 Å². The third-order valence-corrected chi connectivity index (χ3v) is 3.28. The largest absolute Gasteiger partial charge is 0.497 e. The number of ether oxygens (including phenoxy) is 1. The van der Waals surface area contributed by atoms with Gasteiger partial charge in [0.1, 0.15) is 11.6 Å². The summed E-state index contributed by atoms with van der Waals surface area (Å²) in [5, 5.41) is 6.12. The van der Waals surface area contributed by atoms with Crippen LogP contribution >= 0.6 is 0 Å². The van der Waals surface area contributed by atoms with Crippen LogP contribution in [0, 0.1) is 0 Å². The lowest BCUT2D eigenvalue weighted by atomic mass is 10.2. The van der Waals surface area contributed by atoms with E-state index >= 15 is 0 Å². The Bertz CT molecular complexity index is 636. The number of nitrogens with zero attached hydrogens (tertiary/aromatic N) is 1. The molecule has 0 aliphatic heterocycles. The third-order valence-electron chi connectivity index (χ3n) is 3.28. The fourth-order valence-corrected chi connectivity index (χ4v) is 1.96. The topological polar surface area (TPSA) is 63.2 Å². The molecule has 2 N–H and O–H groups in total. The van der Waals surface area contributed by atoms with E-state index in [1.807, 2.05) is 12.1 Å². The summed E-state index contributed by atoms with van der Waals surface area (Å²) in [6, 6.07) is 11.3. The predicted octanol–water partition coefficient (Wildman–Crippen LogP) is 2.92. The van der Waals surface area contributed by atoms with E-state index < -0.39 is 0 Å². The fourth-order valence-electron chi connectivity index (χ4n) is 1.96. The van der Waals surface area contributed by atoms with Crippen molar-refractivity contribution in [3.8, 4) is 5.75 Å². The lowest BCUT2D eigenvalue weighted by Crippen LogP contribution is -2.12. The van der Waals surface area contributed by atoms with Gasteiger partial charge in [-0.05, 0) is 43.2 Å². The van der Waals surface area contributed by atoms with Crippen molar-refractivity contribution in [2.24, 2.45) is 0 Å². The molecule has 1 fully saturated rings. The number of amides is 1.